The number of fused-ring (bicyclic) bond motifs is 1. The number of carbonyl (C=O) groups is 1. The number of nitrogens with one attached hydrogen (secondary N) is 1. The second-order valence-electron chi connectivity index (χ2n) is 10.3. The quantitative estimate of drug-likeness (QED) is 0.584. The molecule has 0 saturated carbocycles. The zero-order chi connectivity index (χ0) is 23.8. The third-order valence-electron chi connectivity index (χ3n) is 6.50. The summed E-state index contributed by atoms with van der Waals surface area (Å²) in [6.45, 7) is 12.7. The van der Waals surface area contributed by atoms with E-state index in [1.807, 2.05) is 39.8 Å². The van der Waals surface area contributed by atoms with Crippen LogP contribution in [0.4, 0.5) is 5.95 Å². The molecule has 3 aromatic rings. The van der Waals surface area contributed by atoms with Crippen molar-refractivity contribution in [2.75, 3.05) is 25.0 Å². The molecule has 7 nitrogen and oxygen atoms in total. The molecular weight excluding hydrogens is 414 g/mol. The van der Waals surface area contributed by atoms with E-state index in [0.29, 0.717) is 18.8 Å². The molecule has 0 amide bonds. The lowest BCUT2D eigenvalue weighted by Crippen LogP contribution is -2.43. The number of carbonyl (C=O) groups excluding carboxylic acids is 1. The van der Waals surface area contributed by atoms with Gasteiger partial charge in [-0.05, 0) is 50.5 Å². The monoisotopic (exact) mass is 449 g/mol. The standard InChI is InChI=1S/C26H35N5O2/c1-17-7-6-8-21-24(17)29-25(31(21)15-20-22(32)10-9-18(2)27-20)28-19-11-13-30(14-12-19)16-23(33)26(3,4)5/h6-10,19,32H,11-16H2,1-5H3,(H,28,29). The van der Waals surface area contributed by atoms with Gasteiger partial charge in [0, 0.05) is 30.2 Å². The number of pyridine rings is 1. The van der Waals surface area contributed by atoms with Gasteiger partial charge < -0.3 is 15.0 Å². The summed E-state index contributed by atoms with van der Waals surface area (Å²) >= 11 is 0. The average Bonchev–Trinajstić information content (AvgIpc) is 3.10. The number of aromatic nitrogens is 3. The Morgan fingerprint density at radius 3 is 2.55 bits per heavy atom. The van der Waals surface area contributed by atoms with Crippen molar-refractivity contribution in [3.05, 3.63) is 47.3 Å². The number of nitrogens with zero attached hydrogens (tertiary/aromatic N) is 4. The number of hydrogen-bond donors (Lipinski definition) is 2. The first-order valence-electron chi connectivity index (χ1n) is 11.8. The predicted molar refractivity (Wildman–Crippen MR) is 132 cm³/mol. The highest BCUT2D eigenvalue weighted by molar-refractivity contribution is 5.85. The number of rotatable bonds is 6. The van der Waals surface area contributed by atoms with Crippen LogP contribution in [0, 0.1) is 19.3 Å². The lowest BCUT2D eigenvalue weighted by Gasteiger charge is -2.33. The molecule has 0 radical (unpaired) electrons. The maximum Gasteiger partial charge on any atom is 0.204 e. The van der Waals surface area contributed by atoms with E-state index in [4.69, 9.17) is 4.98 Å². The van der Waals surface area contributed by atoms with Crippen LogP contribution in [0.5, 0.6) is 5.75 Å². The number of aryl methyl sites for hydroxylation is 2. The Morgan fingerprint density at radius 1 is 1.12 bits per heavy atom. The third-order valence-corrected chi connectivity index (χ3v) is 6.50. The van der Waals surface area contributed by atoms with Gasteiger partial charge in [0.15, 0.2) is 5.78 Å². The highest BCUT2D eigenvalue weighted by atomic mass is 16.3. The molecule has 2 N–H and O–H groups in total. The molecule has 7 heteroatoms. The summed E-state index contributed by atoms with van der Waals surface area (Å²) in [6.07, 6.45) is 1.90. The molecule has 1 aliphatic heterocycles. The summed E-state index contributed by atoms with van der Waals surface area (Å²) in [6, 6.07) is 9.95. The minimum Gasteiger partial charge on any atom is -0.506 e. The van der Waals surface area contributed by atoms with Gasteiger partial charge in [-0.15, -0.1) is 0 Å². The molecule has 33 heavy (non-hydrogen) atoms. The first kappa shape index (κ1) is 23.2. The first-order valence-corrected chi connectivity index (χ1v) is 11.8. The number of likely N-dealkylation sites (tertiary alicyclic amines) is 1. The van der Waals surface area contributed by atoms with E-state index in [1.165, 1.54) is 0 Å². The van der Waals surface area contributed by atoms with E-state index in [0.717, 1.165) is 54.2 Å². The number of aromatic hydroxyl groups is 1. The van der Waals surface area contributed by atoms with Gasteiger partial charge in [0.1, 0.15) is 11.4 Å². The molecule has 0 unspecified atom stereocenters. The third kappa shape index (κ3) is 5.19. The molecule has 0 bridgehead atoms. The highest BCUT2D eigenvalue weighted by Crippen LogP contribution is 2.27. The second kappa shape index (κ2) is 9.14. The van der Waals surface area contributed by atoms with Gasteiger partial charge in [0.05, 0.1) is 24.1 Å². The topological polar surface area (TPSA) is 83.3 Å². The Kier molecular flexibility index (Phi) is 6.43. The van der Waals surface area contributed by atoms with Gasteiger partial charge in [0.25, 0.3) is 0 Å². The van der Waals surface area contributed by atoms with E-state index in [-0.39, 0.29) is 23.0 Å². The van der Waals surface area contributed by atoms with Crippen LogP contribution in [0.2, 0.25) is 0 Å². The van der Waals surface area contributed by atoms with E-state index in [9.17, 15) is 9.90 Å². The molecule has 4 rings (SSSR count). The number of para-hydroxylation sites is 1. The van der Waals surface area contributed by atoms with E-state index >= 15 is 0 Å². The Balaban J connectivity index is 1.53. The van der Waals surface area contributed by atoms with Gasteiger partial charge in [0.2, 0.25) is 5.95 Å². The van der Waals surface area contributed by atoms with Gasteiger partial charge >= 0.3 is 0 Å². The van der Waals surface area contributed by atoms with Crippen LogP contribution in [0.1, 0.15) is 50.6 Å². The Labute approximate surface area is 195 Å². The lowest BCUT2D eigenvalue weighted by atomic mass is 9.90. The largest absolute Gasteiger partial charge is 0.506 e. The zero-order valence-electron chi connectivity index (χ0n) is 20.4. The van der Waals surface area contributed by atoms with Crippen LogP contribution in [0.3, 0.4) is 0 Å². The number of piperidine rings is 1. The summed E-state index contributed by atoms with van der Waals surface area (Å²) in [7, 11) is 0. The molecular formula is C26H35N5O2. The first-order chi connectivity index (χ1) is 15.6. The number of Topliss-reactive ketones (excluding diaryl/α,β-unsaturated/α-hetero) is 1. The number of imidazole rings is 1. The fraction of sp³-hybridized carbons (Fsp3) is 0.500. The van der Waals surface area contributed by atoms with Gasteiger partial charge in [-0.3, -0.25) is 14.7 Å². The van der Waals surface area contributed by atoms with E-state index < -0.39 is 0 Å². The van der Waals surface area contributed by atoms with E-state index in [2.05, 4.69) is 38.8 Å². The summed E-state index contributed by atoms with van der Waals surface area (Å²) in [5.41, 5.74) is 4.30. The smallest absolute Gasteiger partial charge is 0.204 e. The maximum absolute atomic E-state index is 12.4. The fourth-order valence-corrected chi connectivity index (χ4v) is 4.28. The van der Waals surface area contributed by atoms with Crippen molar-refractivity contribution >= 4 is 22.8 Å². The van der Waals surface area contributed by atoms with Gasteiger partial charge in [-0.1, -0.05) is 32.9 Å². The number of hydrogen-bond acceptors (Lipinski definition) is 6. The highest BCUT2D eigenvalue weighted by Gasteiger charge is 2.27. The summed E-state index contributed by atoms with van der Waals surface area (Å²) in [4.78, 5) is 24.2. The molecule has 3 heterocycles. The molecule has 1 aromatic carbocycles. The molecule has 2 aromatic heterocycles. The lowest BCUT2D eigenvalue weighted by molar-refractivity contribution is -0.127. The van der Waals surface area contributed by atoms with Gasteiger partial charge in [-0.25, -0.2) is 4.98 Å². The normalized spacial score (nSPS) is 15.8. The molecule has 0 atom stereocenters. The molecule has 1 saturated heterocycles. The molecule has 0 spiro atoms. The molecule has 0 aliphatic carbocycles. The Bertz CT molecular complexity index is 1150. The van der Waals surface area contributed by atoms with E-state index in [1.54, 1.807) is 6.07 Å². The van der Waals surface area contributed by atoms with Crippen LogP contribution < -0.4 is 5.32 Å². The molecule has 176 valence electrons. The van der Waals surface area contributed by atoms with Crippen LogP contribution in [-0.4, -0.2) is 56.0 Å². The second-order valence-corrected chi connectivity index (χ2v) is 10.3. The Hall–Kier alpha value is -2.93. The summed E-state index contributed by atoms with van der Waals surface area (Å²) in [5.74, 6) is 1.28. The average molecular weight is 450 g/mol. The van der Waals surface area contributed by atoms with Crippen molar-refractivity contribution in [3.8, 4) is 5.75 Å². The zero-order valence-corrected chi connectivity index (χ0v) is 20.4. The van der Waals surface area contributed by atoms with Crippen molar-refractivity contribution in [3.63, 3.8) is 0 Å². The Morgan fingerprint density at radius 2 is 1.85 bits per heavy atom. The van der Waals surface area contributed by atoms with Crippen LogP contribution in [0.25, 0.3) is 11.0 Å². The maximum atomic E-state index is 12.4. The van der Waals surface area contributed by atoms with Crippen molar-refractivity contribution in [1.29, 1.82) is 0 Å². The minimum absolute atomic E-state index is 0.192. The van der Waals surface area contributed by atoms with Crippen molar-refractivity contribution < 1.29 is 9.90 Å². The summed E-state index contributed by atoms with van der Waals surface area (Å²) in [5, 5.41) is 14.0. The number of benzene rings is 1. The van der Waals surface area contributed by atoms with Crippen molar-refractivity contribution in [2.45, 2.75) is 60.0 Å². The SMILES string of the molecule is Cc1ccc(O)c(Cn2c(NC3CCN(CC(=O)C(C)(C)C)CC3)nc3c(C)cccc32)n1. The van der Waals surface area contributed by atoms with Crippen LogP contribution in [-0.2, 0) is 11.3 Å². The van der Waals surface area contributed by atoms with Crippen molar-refractivity contribution in [2.24, 2.45) is 5.41 Å². The summed E-state index contributed by atoms with van der Waals surface area (Å²) < 4.78 is 2.11. The minimum atomic E-state index is -0.298. The molecule has 1 aliphatic rings. The fourth-order valence-electron chi connectivity index (χ4n) is 4.28. The number of ketones is 1. The predicted octanol–water partition coefficient (Wildman–Crippen LogP) is 4.29. The molecule has 1 fully saturated rings. The van der Waals surface area contributed by atoms with Crippen LogP contribution in [0.15, 0.2) is 30.3 Å². The number of anilines is 1. The van der Waals surface area contributed by atoms with Gasteiger partial charge in [-0.2, -0.15) is 0 Å². The van der Waals surface area contributed by atoms with Crippen molar-refractivity contribution in [1.82, 2.24) is 19.4 Å². The van der Waals surface area contributed by atoms with Crippen LogP contribution >= 0.6 is 0 Å².